The van der Waals surface area contributed by atoms with E-state index in [1.54, 1.807) is 60.9 Å². The van der Waals surface area contributed by atoms with E-state index in [1.807, 2.05) is 48.7 Å². The van der Waals surface area contributed by atoms with E-state index in [9.17, 15) is 9.59 Å². The summed E-state index contributed by atoms with van der Waals surface area (Å²) >= 11 is 1.59. The van der Waals surface area contributed by atoms with Crippen molar-refractivity contribution >= 4 is 40.6 Å². The van der Waals surface area contributed by atoms with Gasteiger partial charge in [-0.05, 0) is 67.1 Å². The summed E-state index contributed by atoms with van der Waals surface area (Å²) in [6, 6.07) is 21.3. The van der Waals surface area contributed by atoms with Crippen LogP contribution in [0.2, 0.25) is 0 Å². The smallest absolute Gasteiger partial charge is 0.255 e. The summed E-state index contributed by atoms with van der Waals surface area (Å²) in [6.45, 7) is 2.38. The third kappa shape index (κ3) is 6.80. The van der Waals surface area contributed by atoms with Gasteiger partial charge in [0.2, 0.25) is 5.91 Å². The van der Waals surface area contributed by atoms with Gasteiger partial charge in [-0.3, -0.25) is 9.59 Å². The number of nitrogens with zero attached hydrogens (tertiary/aromatic N) is 1. The number of para-hydroxylation sites is 2. The van der Waals surface area contributed by atoms with E-state index in [2.05, 4.69) is 15.6 Å². The number of carbonyl (C=O) groups excluding carboxylic acids is 2. The van der Waals surface area contributed by atoms with Gasteiger partial charge in [-0.15, -0.1) is 11.3 Å². The largest absolute Gasteiger partial charge is 0.495 e. The number of hydrogen-bond donors (Lipinski definition) is 2. The molecule has 7 nitrogen and oxygen atoms in total. The second kappa shape index (κ2) is 11.8. The number of methoxy groups -OCH3 is 1. The van der Waals surface area contributed by atoms with Crippen molar-refractivity contribution in [2.75, 3.05) is 17.7 Å². The molecular weight excluding hydrogens is 474 g/mol. The molecule has 0 bridgehead atoms. The number of nitrogens with one attached hydrogen (secondary N) is 2. The van der Waals surface area contributed by atoms with Crippen molar-refractivity contribution < 1.29 is 19.1 Å². The van der Waals surface area contributed by atoms with E-state index in [-0.39, 0.29) is 11.8 Å². The van der Waals surface area contributed by atoms with E-state index in [0.717, 1.165) is 22.0 Å². The third-order valence-corrected chi connectivity index (χ3v) is 5.95. The van der Waals surface area contributed by atoms with Crippen LogP contribution in [-0.4, -0.2) is 23.9 Å². The van der Waals surface area contributed by atoms with Gasteiger partial charge in [0, 0.05) is 22.7 Å². The lowest BCUT2D eigenvalue weighted by atomic mass is 10.1. The molecule has 4 aromatic rings. The van der Waals surface area contributed by atoms with Gasteiger partial charge in [-0.25, -0.2) is 4.98 Å². The summed E-state index contributed by atoms with van der Waals surface area (Å²) in [6.07, 6.45) is 3.17. The van der Waals surface area contributed by atoms with Gasteiger partial charge in [0.15, 0.2) is 0 Å². The minimum atomic E-state index is -0.277. The van der Waals surface area contributed by atoms with Gasteiger partial charge in [0.05, 0.1) is 23.5 Å². The Morgan fingerprint density at radius 2 is 1.72 bits per heavy atom. The molecule has 0 fully saturated rings. The molecule has 2 amide bonds. The predicted octanol–water partition coefficient (Wildman–Crippen LogP) is 5.94. The third-order valence-electron chi connectivity index (χ3n) is 5.13. The van der Waals surface area contributed by atoms with E-state index in [1.165, 1.54) is 6.08 Å². The maximum Gasteiger partial charge on any atom is 0.255 e. The number of hydrogen-bond acceptors (Lipinski definition) is 6. The predicted molar refractivity (Wildman–Crippen MR) is 143 cm³/mol. The Labute approximate surface area is 213 Å². The monoisotopic (exact) mass is 499 g/mol. The molecule has 0 aliphatic heterocycles. The number of rotatable bonds is 9. The minimum Gasteiger partial charge on any atom is -0.495 e. The highest BCUT2D eigenvalue weighted by Crippen LogP contribution is 2.24. The summed E-state index contributed by atoms with van der Waals surface area (Å²) in [7, 11) is 1.55. The van der Waals surface area contributed by atoms with Gasteiger partial charge in [0.25, 0.3) is 5.91 Å². The summed E-state index contributed by atoms with van der Waals surface area (Å²) < 4.78 is 11.0. The number of aromatic nitrogens is 1. The molecule has 36 heavy (non-hydrogen) atoms. The Morgan fingerprint density at radius 1 is 0.972 bits per heavy atom. The lowest BCUT2D eigenvalue weighted by Crippen LogP contribution is -2.13. The SMILES string of the molecule is COc1ccccc1NC(=O)c1ccc(NC(=O)/C=C/c2ccc(OCc3csc(C)n3)cc2)cc1. The molecule has 0 saturated heterocycles. The lowest BCUT2D eigenvalue weighted by Gasteiger charge is -2.10. The maximum absolute atomic E-state index is 12.5. The molecule has 0 spiro atoms. The second-order valence-corrected chi connectivity index (χ2v) is 8.83. The van der Waals surface area contributed by atoms with E-state index < -0.39 is 0 Å². The molecule has 0 aliphatic carbocycles. The fourth-order valence-electron chi connectivity index (χ4n) is 3.31. The average molecular weight is 500 g/mol. The van der Waals surface area contributed by atoms with Crippen LogP contribution in [0.25, 0.3) is 6.08 Å². The zero-order chi connectivity index (χ0) is 25.3. The van der Waals surface area contributed by atoms with Crippen LogP contribution in [0.1, 0.15) is 26.6 Å². The first-order valence-corrected chi connectivity index (χ1v) is 12.1. The van der Waals surface area contributed by atoms with Gasteiger partial charge >= 0.3 is 0 Å². The number of benzene rings is 3. The molecule has 0 unspecified atom stereocenters. The van der Waals surface area contributed by atoms with E-state index in [4.69, 9.17) is 9.47 Å². The average Bonchev–Trinajstić information content (AvgIpc) is 3.32. The molecule has 182 valence electrons. The van der Waals surface area contributed by atoms with Crippen LogP contribution < -0.4 is 20.1 Å². The van der Waals surface area contributed by atoms with Crippen LogP contribution in [0.4, 0.5) is 11.4 Å². The van der Waals surface area contributed by atoms with Crippen LogP contribution in [0.5, 0.6) is 11.5 Å². The van der Waals surface area contributed by atoms with Crippen LogP contribution in [0.3, 0.4) is 0 Å². The number of thiazole rings is 1. The molecule has 1 aromatic heterocycles. The molecule has 0 saturated carbocycles. The number of anilines is 2. The number of amides is 2. The molecule has 4 rings (SSSR count). The quantitative estimate of drug-likeness (QED) is 0.278. The fourth-order valence-corrected chi connectivity index (χ4v) is 3.91. The Kier molecular flexibility index (Phi) is 8.10. The molecule has 1 heterocycles. The summed E-state index contributed by atoms with van der Waals surface area (Å²) in [4.78, 5) is 29.2. The van der Waals surface area contributed by atoms with Crippen LogP contribution in [-0.2, 0) is 11.4 Å². The summed E-state index contributed by atoms with van der Waals surface area (Å²) in [5, 5.41) is 8.61. The molecule has 0 radical (unpaired) electrons. The highest BCUT2D eigenvalue weighted by atomic mass is 32.1. The highest BCUT2D eigenvalue weighted by Gasteiger charge is 2.09. The Balaban J connectivity index is 1.27. The number of carbonyl (C=O) groups is 2. The van der Waals surface area contributed by atoms with Gasteiger partial charge < -0.3 is 20.1 Å². The van der Waals surface area contributed by atoms with Crippen molar-refractivity contribution in [3.63, 3.8) is 0 Å². The fraction of sp³-hybridized carbons (Fsp3) is 0.107. The number of ether oxygens (including phenoxy) is 2. The molecular formula is C28H25N3O4S. The van der Waals surface area contributed by atoms with Crippen molar-refractivity contribution in [2.24, 2.45) is 0 Å². The zero-order valence-corrected chi connectivity index (χ0v) is 20.7. The Bertz CT molecular complexity index is 1360. The highest BCUT2D eigenvalue weighted by molar-refractivity contribution is 7.09. The van der Waals surface area contributed by atoms with Gasteiger partial charge in [-0.2, -0.15) is 0 Å². The van der Waals surface area contributed by atoms with E-state index in [0.29, 0.717) is 29.3 Å². The van der Waals surface area contributed by atoms with Crippen molar-refractivity contribution in [3.8, 4) is 11.5 Å². The van der Waals surface area contributed by atoms with Crippen LogP contribution >= 0.6 is 11.3 Å². The van der Waals surface area contributed by atoms with Gasteiger partial charge in [0.1, 0.15) is 18.1 Å². The number of aryl methyl sites for hydroxylation is 1. The molecule has 3 aromatic carbocycles. The van der Waals surface area contributed by atoms with Crippen molar-refractivity contribution in [3.05, 3.63) is 106 Å². The van der Waals surface area contributed by atoms with Crippen LogP contribution in [0, 0.1) is 6.92 Å². The first-order valence-electron chi connectivity index (χ1n) is 11.2. The molecule has 2 N–H and O–H groups in total. The summed E-state index contributed by atoms with van der Waals surface area (Å²) in [5.74, 6) is 0.762. The van der Waals surface area contributed by atoms with Crippen molar-refractivity contribution in [2.45, 2.75) is 13.5 Å². The lowest BCUT2D eigenvalue weighted by molar-refractivity contribution is -0.111. The van der Waals surface area contributed by atoms with Crippen molar-refractivity contribution in [1.82, 2.24) is 4.98 Å². The van der Waals surface area contributed by atoms with Gasteiger partial charge in [-0.1, -0.05) is 24.3 Å². The van der Waals surface area contributed by atoms with Crippen molar-refractivity contribution in [1.29, 1.82) is 0 Å². The van der Waals surface area contributed by atoms with E-state index >= 15 is 0 Å². The Hall–Kier alpha value is -4.43. The first kappa shape index (κ1) is 24.7. The molecule has 0 aliphatic rings. The molecule has 8 heteroatoms. The normalized spacial score (nSPS) is 10.7. The first-order chi connectivity index (χ1) is 17.5. The standard InChI is InChI=1S/C28H25N3O4S/c1-19-29-23(18-36-19)17-35-24-14-7-20(8-15-24)9-16-27(32)30-22-12-10-21(11-13-22)28(33)31-25-5-3-4-6-26(25)34-2/h3-16,18H,17H2,1-2H3,(H,30,32)(H,31,33)/b16-9+. The second-order valence-electron chi connectivity index (χ2n) is 7.77. The maximum atomic E-state index is 12.5. The Morgan fingerprint density at radius 3 is 2.42 bits per heavy atom. The summed E-state index contributed by atoms with van der Waals surface area (Å²) in [5.41, 5.74) is 3.40. The zero-order valence-electron chi connectivity index (χ0n) is 19.9. The topological polar surface area (TPSA) is 89.6 Å². The molecule has 0 atom stereocenters. The van der Waals surface area contributed by atoms with Crippen LogP contribution in [0.15, 0.2) is 84.3 Å². The minimum absolute atomic E-state index is 0.272.